The third-order valence-electron chi connectivity index (χ3n) is 2.43. The van der Waals surface area contributed by atoms with Crippen LogP contribution in [0.3, 0.4) is 0 Å². The minimum Gasteiger partial charge on any atom is -0.440 e. The molecule has 1 aliphatic rings. The molecular weight excluding hydrogens is 218 g/mol. The molecule has 4 nitrogen and oxygen atoms in total. The van der Waals surface area contributed by atoms with Crippen molar-refractivity contribution in [3.63, 3.8) is 0 Å². The van der Waals surface area contributed by atoms with Crippen molar-refractivity contribution in [2.45, 2.75) is 18.9 Å². The molecule has 15 heavy (non-hydrogen) atoms. The third kappa shape index (κ3) is 2.33. The quantitative estimate of drug-likeness (QED) is 0.842. The van der Waals surface area contributed by atoms with Gasteiger partial charge >= 0.3 is 0 Å². The smallest absolute Gasteiger partial charge is 0.287 e. The summed E-state index contributed by atoms with van der Waals surface area (Å²) >= 11 is 5.58. The highest BCUT2D eigenvalue weighted by molar-refractivity contribution is 6.29. The summed E-state index contributed by atoms with van der Waals surface area (Å²) in [4.78, 5) is 11.7. The fourth-order valence-electron chi connectivity index (χ4n) is 1.54. The summed E-state index contributed by atoms with van der Waals surface area (Å²) in [5.41, 5.74) is -0.295. The van der Waals surface area contributed by atoms with Gasteiger partial charge in [0.2, 0.25) is 0 Å². The van der Waals surface area contributed by atoms with Gasteiger partial charge in [-0.25, -0.2) is 0 Å². The summed E-state index contributed by atoms with van der Waals surface area (Å²) in [6.07, 6.45) is 0.813. The lowest BCUT2D eigenvalue weighted by Crippen LogP contribution is -2.46. The van der Waals surface area contributed by atoms with E-state index in [-0.39, 0.29) is 22.4 Å². The molecule has 1 fully saturated rings. The van der Waals surface area contributed by atoms with Gasteiger partial charge < -0.3 is 14.5 Å². The van der Waals surface area contributed by atoms with Gasteiger partial charge in [-0.15, -0.1) is 0 Å². The van der Waals surface area contributed by atoms with E-state index in [4.69, 9.17) is 20.8 Å². The molecule has 1 aromatic heterocycles. The Hall–Kier alpha value is -1.00. The van der Waals surface area contributed by atoms with Gasteiger partial charge in [-0.1, -0.05) is 0 Å². The minimum atomic E-state index is -0.295. The second-order valence-electron chi connectivity index (χ2n) is 3.92. The van der Waals surface area contributed by atoms with E-state index >= 15 is 0 Å². The number of carbonyl (C=O) groups is 1. The molecule has 1 unspecified atom stereocenters. The van der Waals surface area contributed by atoms with Gasteiger partial charge in [0.25, 0.3) is 5.91 Å². The van der Waals surface area contributed by atoms with Gasteiger partial charge in [-0.3, -0.25) is 4.79 Å². The Morgan fingerprint density at radius 2 is 2.40 bits per heavy atom. The molecule has 0 aliphatic carbocycles. The second-order valence-corrected chi connectivity index (χ2v) is 4.29. The lowest BCUT2D eigenvalue weighted by Gasteiger charge is -2.22. The van der Waals surface area contributed by atoms with E-state index in [1.165, 1.54) is 0 Å². The zero-order valence-corrected chi connectivity index (χ0v) is 9.13. The topological polar surface area (TPSA) is 51.5 Å². The fourth-order valence-corrected chi connectivity index (χ4v) is 1.68. The van der Waals surface area contributed by atoms with Crippen molar-refractivity contribution >= 4 is 17.5 Å². The zero-order valence-electron chi connectivity index (χ0n) is 8.38. The number of carbonyl (C=O) groups excluding carboxylic acids is 1. The summed E-state index contributed by atoms with van der Waals surface area (Å²) in [6, 6.07) is 3.10. The maximum atomic E-state index is 11.7. The van der Waals surface area contributed by atoms with Crippen molar-refractivity contribution in [3.05, 3.63) is 23.1 Å². The summed E-state index contributed by atoms with van der Waals surface area (Å²) < 4.78 is 10.2. The zero-order chi connectivity index (χ0) is 10.9. The number of ether oxygens (including phenoxy) is 1. The van der Waals surface area contributed by atoms with Crippen LogP contribution in [0, 0.1) is 0 Å². The molecule has 1 saturated heterocycles. The van der Waals surface area contributed by atoms with Crippen molar-refractivity contribution in [3.8, 4) is 0 Å². The van der Waals surface area contributed by atoms with Crippen LogP contribution in [0.25, 0.3) is 0 Å². The maximum absolute atomic E-state index is 11.7. The van der Waals surface area contributed by atoms with Crippen molar-refractivity contribution in [1.29, 1.82) is 0 Å². The molecule has 0 aromatic carbocycles. The fraction of sp³-hybridized carbons (Fsp3) is 0.500. The molecule has 0 spiro atoms. The average Bonchev–Trinajstić information content (AvgIpc) is 2.75. The molecule has 5 heteroatoms. The predicted molar refractivity (Wildman–Crippen MR) is 55.0 cm³/mol. The molecule has 0 radical (unpaired) electrons. The molecule has 1 amide bonds. The summed E-state index contributed by atoms with van der Waals surface area (Å²) in [7, 11) is 0. The van der Waals surface area contributed by atoms with Crippen LogP contribution in [0.4, 0.5) is 0 Å². The van der Waals surface area contributed by atoms with Crippen molar-refractivity contribution < 1.29 is 13.9 Å². The molecule has 0 saturated carbocycles. The van der Waals surface area contributed by atoms with Gasteiger partial charge in [-0.2, -0.15) is 0 Å². The molecule has 1 N–H and O–H groups in total. The van der Waals surface area contributed by atoms with E-state index in [0.29, 0.717) is 13.2 Å². The minimum absolute atomic E-state index is 0.216. The number of rotatable bonds is 2. The van der Waals surface area contributed by atoms with Crippen LogP contribution in [0.5, 0.6) is 0 Å². The van der Waals surface area contributed by atoms with Crippen LogP contribution >= 0.6 is 11.6 Å². The Morgan fingerprint density at radius 3 is 2.93 bits per heavy atom. The number of amides is 1. The van der Waals surface area contributed by atoms with Gasteiger partial charge in [0, 0.05) is 6.61 Å². The summed E-state index contributed by atoms with van der Waals surface area (Å²) in [5.74, 6) is -0.0250. The molecular formula is C10H12ClNO3. The monoisotopic (exact) mass is 229 g/mol. The van der Waals surface area contributed by atoms with Crippen LogP contribution in [0.2, 0.25) is 5.22 Å². The standard InChI is InChI=1S/C10H12ClNO3/c1-10(4-5-14-6-10)12-9(13)7-2-3-8(11)15-7/h2-3H,4-6H2,1H3,(H,12,13). The number of halogens is 1. The van der Waals surface area contributed by atoms with E-state index in [0.717, 1.165) is 6.42 Å². The third-order valence-corrected chi connectivity index (χ3v) is 2.63. The molecule has 82 valence electrons. The maximum Gasteiger partial charge on any atom is 0.287 e. The lowest BCUT2D eigenvalue weighted by atomic mass is 10.0. The number of furan rings is 1. The lowest BCUT2D eigenvalue weighted by molar-refractivity contribution is 0.0862. The molecule has 0 bridgehead atoms. The Kier molecular flexibility index (Phi) is 2.71. The first kappa shape index (κ1) is 10.5. The summed E-state index contributed by atoms with van der Waals surface area (Å²) in [5, 5.41) is 3.08. The van der Waals surface area contributed by atoms with Crippen LogP contribution < -0.4 is 5.32 Å². The first-order valence-electron chi connectivity index (χ1n) is 4.75. The summed E-state index contributed by atoms with van der Waals surface area (Å²) in [6.45, 7) is 3.16. The normalized spacial score (nSPS) is 25.5. The number of nitrogens with one attached hydrogen (secondary N) is 1. The van der Waals surface area contributed by atoms with Gasteiger partial charge in [0.15, 0.2) is 11.0 Å². The predicted octanol–water partition coefficient (Wildman–Crippen LogP) is 1.84. The Labute approximate surface area is 92.5 Å². The van der Waals surface area contributed by atoms with Crippen LogP contribution in [-0.2, 0) is 4.74 Å². The van der Waals surface area contributed by atoms with E-state index in [1.807, 2.05) is 6.92 Å². The Bertz CT molecular complexity index is 368. The highest BCUT2D eigenvalue weighted by Crippen LogP contribution is 2.19. The van der Waals surface area contributed by atoms with Crippen LogP contribution in [0.15, 0.2) is 16.5 Å². The van der Waals surface area contributed by atoms with Crippen LogP contribution in [-0.4, -0.2) is 24.7 Å². The van der Waals surface area contributed by atoms with E-state index in [1.54, 1.807) is 12.1 Å². The van der Waals surface area contributed by atoms with Crippen molar-refractivity contribution in [2.75, 3.05) is 13.2 Å². The Balaban J connectivity index is 2.03. The van der Waals surface area contributed by atoms with E-state index in [2.05, 4.69) is 5.32 Å². The van der Waals surface area contributed by atoms with Gasteiger partial charge in [0.05, 0.1) is 12.1 Å². The van der Waals surface area contributed by atoms with Gasteiger partial charge in [0.1, 0.15) is 0 Å². The molecule has 1 aromatic rings. The molecule has 1 aliphatic heterocycles. The first-order valence-corrected chi connectivity index (χ1v) is 5.12. The van der Waals surface area contributed by atoms with E-state index in [9.17, 15) is 4.79 Å². The highest BCUT2D eigenvalue weighted by Gasteiger charge is 2.32. The molecule has 1 atom stereocenters. The molecule has 2 rings (SSSR count). The SMILES string of the molecule is CC1(NC(=O)c2ccc(Cl)o2)CCOC1. The van der Waals surface area contributed by atoms with Crippen LogP contribution in [0.1, 0.15) is 23.9 Å². The largest absolute Gasteiger partial charge is 0.440 e. The number of hydrogen-bond donors (Lipinski definition) is 1. The molecule has 2 heterocycles. The van der Waals surface area contributed by atoms with Gasteiger partial charge in [-0.05, 0) is 37.1 Å². The van der Waals surface area contributed by atoms with E-state index < -0.39 is 0 Å². The second kappa shape index (κ2) is 3.87. The Morgan fingerprint density at radius 1 is 1.60 bits per heavy atom. The average molecular weight is 230 g/mol. The number of hydrogen-bond acceptors (Lipinski definition) is 3. The first-order chi connectivity index (χ1) is 7.09. The van der Waals surface area contributed by atoms with Crippen molar-refractivity contribution in [2.24, 2.45) is 0 Å². The highest BCUT2D eigenvalue weighted by atomic mass is 35.5. The van der Waals surface area contributed by atoms with Crippen molar-refractivity contribution in [1.82, 2.24) is 5.32 Å².